The normalized spacial score (nSPS) is 14.2. The van der Waals surface area contributed by atoms with Crippen LogP contribution in [0.2, 0.25) is 0 Å². The number of alkyl halides is 6. The first-order valence-electron chi connectivity index (χ1n) is 10.9. The number of aliphatic hydroxyl groups is 2. The van der Waals surface area contributed by atoms with Gasteiger partial charge in [-0.3, -0.25) is 0 Å². The van der Waals surface area contributed by atoms with Crippen molar-refractivity contribution in [2.24, 2.45) is 0 Å². The van der Waals surface area contributed by atoms with Gasteiger partial charge in [-0.25, -0.2) is 4.98 Å². The summed E-state index contributed by atoms with van der Waals surface area (Å²) in [5.41, 5.74) is 0.100. The number of aryl methyl sites for hydroxylation is 1. The van der Waals surface area contributed by atoms with E-state index in [1.165, 1.54) is 0 Å². The zero-order valence-electron chi connectivity index (χ0n) is 19.1. The van der Waals surface area contributed by atoms with E-state index < -0.39 is 35.9 Å². The van der Waals surface area contributed by atoms with Crippen molar-refractivity contribution in [1.82, 2.24) is 20.1 Å². The predicted molar refractivity (Wildman–Crippen MR) is 117 cm³/mol. The number of rotatable bonds is 8. The summed E-state index contributed by atoms with van der Waals surface area (Å²) in [4.78, 5) is 11.6. The van der Waals surface area contributed by atoms with E-state index in [2.05, 4.69) is 24.8 Å². The standard InChI is InChI=1S/C23H20F6N4O4/c1-11(22(24,25)26)36-18-6-3-13(8-15(18)23(27,28)29)21-32-20(33-37-21)12-2-5-16-17(9-12)31-19(30-16)7-4-14(35)10-34/h2-3,5-6,8-9,11,14,34-35H,4,7,10H2,1H3,(H,30,31). The molecule has 8 nitrogen and oxygen atoms in total. The van der Waals surface area contributed by atoms with E-state index >= 15 is 0 Å². The molecule has 2 unspecified atom stereocenters. The fraction of sp³-hybridized carbons (Fsp3) is 0.348. The summed E-state index contributed by atoms with van der Waals surface area (Å²) in [5, 5.41) is 22.2. The van der Waals surface area contributed by atoms with Gasteiger partial charge in [0.1, 0.15) is 11.6 Å². The highest BCUT2D eigenvalue weighted by Gasteiger charge is 2.41. The minimum absolute atomic E-state index is 0.0586. The van der Waals surface area contributed by atoms with Crippen molar-refractivity contribution < 1.29 is 45.8 Å². The third-order valence-corrected chi connectivity index (χ3v) is 5.44. The van der Waals surface area contributed by atoms with Crippen molar-refractivity contribution >= 4 is 11.0 Å². The average molecular weight is 530 g/mol. The minimum atomic E-state index is -5.00. The number of aromatic nitrogens is 4. The van der Waals surface area contributed by atoms with Gasteiger partial charge in [0.05, 0.1) is 29.3 Å². The first kappa shape index (κ1) is 26.4. The lowest BCUT2D eigenvalue weighted by Crippen LogP contribution is -2.31. The fourth-order valence-electron chi connectivity index (χ4n) is 3.42. The smallest absolute Gasteiger partial charge is 0.425 e. The Bertz CT molecular complexity index is 1380. The van der Waals surface area contributed by atoms with E-state index in [9.17, 15) is 31.4 Å². The van der Waals surface area contributed by atoms with Gasteiger partial charge in [0.2, 0.25) is 5.82 Å². The van der Waals surface area contributed by atoms with E-state index in [0.717, 1.165) is 12.1 Å². The summed E-state index contributed by atoms with van der Waals surface area (Å²) in [6.07, 6.45) is -12.5. The second-order valence-corrected chi connectivity index (χ2v) is 8.22. The number of aliphatic hydroxyl groups excluding tert-OH is 2. The molecule has 0 spiro atoms. The summed E-state index contributed by atoms with van der Waals surface area (Å²) in [7, 11) is 0. The van der Waals surface area contributed by atoms with Crippen molar-refractivity contribution in [3.05, 3.63) is 47.8 Å². The Kier molecular flexibility index (Phi) is 7.15. The molecular formula is C23H20F6N4O4. The van der Waals surface area contributed by atoms with Crippen LogP contribution in [-0.4, -0.2) is 55.3 Å². The zero-order chi connectivity index (χ0) is 27.0. The van der Waals surface area contributed by atoms with Crippen molar-refractivity contribution in [2.45, 2.75) is 44.3 Å². The highest BCUT2D eigenvalue weighted by Crippen LogP contribution is 2.40. The SMILES string of the molecule is CC(Oc1ccc(-c2nc(-c3ccc4nc(CCC(O)CO)[nH]c4c3)no2)cc1C(F)(F)F)C(F)(F)F. The lowest BCUT2D eigenvalue weighted by Gasteiger charge is -2.20. The number of hydrogen-bond acceptors (Lipinski definition) is 7. The maximum atomic E-state index is 13.6. The van der Waals surface area contributed by atoms with Crippen LogP contribution in [0.15, 0.2) is 40.9 Å². The number of hydrogen-bond donors (Lipinski definition) is 3. The molecule has 0 aliphatic carbocycles. The lowest BCUT2D eigenvalue weighted by atomic mass is 10.1. The van der Waals surface area contributed by atoms with Gasteiger partial charge < -0.3 is 24.5 Å². The van der Waals surface area contributed by atoms with Gasteiger partial charge in [-0.15, -0.1) is 0 Å². The molecule has 0 aliphatic heterocycles. The number of nitrogens with one attached hydrogen (secondary N) is 1. The molecule has 0 amide bonds. The molecule has 0 radical (unpaired) electrons. The van der Waals surface area contributed by atoms with Crippen LogP contribution < -0.4 is 4.74 Å². The van der Waals surface area contributed by atoms with Crippen LogP contribution in [0.3, 0.4) is 0 Å². The molecule has 14 heteroatoms. The lowest BCUT2D eigenvalue weighted by molar-refractivity contribution is -0.191. The largest absolute Gasteiger partial charge is 0.481 e. The van der Waals surface area contributed by atoms with E-state index in [-0.39, 0.29) is 23.9 Å². The number of nitrogens with zero attached hydrogens (tertiary/aromatic N) is 3. The Hall–Kier alpha value is -3.65. The van der Waals surface area contributed by atoms with Gasteiger partial charge in [0.15, 0.2) is 6.10 Å². The van der Waals surface area contributed by atoms with E-state index in [1.54, 1.807) is 18.2 Å². The Morgan fingerprint density at radius 1 is 1.03 bits per heavy atom. The summed E-state index contributed by atoms with van der Waals surface area (Å²) < 4.78 is 88.7. The van der Waals surface area contributed by atoms with Crippen LogP contribution in [0.1, 0.15) is 24.7 Å². The molecule has 0 saturated heterocycles. The fourth-order valence-corrected chi connectivity index (χ4v) is 3.42. The van der Waals surface area contributed by atoms with Crippen molar-refractivity contribution in [1.29, 1.82) is 0 Å². The minimum Gasteiger partial charge on any atom is -0.481 e. The quantitative estimate of drug-likeness (QED) is 0.277. The number of H-pyrrole nitrogens is 1. The number of ether oxygens (including phenoxy) is 1. The molecule has 0 fully saturated rings. The molecule has 2 aromatic carbocycles. The second-order valence-electron chi connectivity index (χ2n) is 8.22. The first-order chi connectivity index (χ1) is 17.3. The molecule has 37 heavy (non-hydrogen) atoms. The molecular weight excluding hydrogens is 510 g/mol. The topological polar surface area (TPSA) is 117 Å². The zero-order valence-corrected chi connectivity index (χ0v) is 19.1. The Labute approximate surface area is 204 Å². The number of benzene rings is 2. The molecule has 0 bridgehead atoms. The Balaban J connectivity index is 1.60. The van der Waals surface area contributed by atoms with Crippen LogP contribution in [0.25, 0.3) is 33.9 Å². The summed E-state index contributed by atoms with van der Waals surface area (Å²) in [6.45, 7) is 0.244. The molecule has 2 atom stereocenters. The van der Waals surface area contributed by atoms with E-state index in [4.69, 9.17) is 9.63 Å². The molecule has 3 N–H and O–H groups in total. The van der Waals surface area contributed by atoms with E-state index in [1.807, 2.05) is 0 Å². The molecule has 198 valence electrons. The first-order valence-corrected chi connectivity index (χ1v) is 10.9. The summed E-state index contributed by atoms with van der Waals surface area (Å²) in [5.74, 6) is -0.620. The predicted octanol–water partition coefficient (Wildman–Crippen LogP) is 4.91. The van der Waals surface area contributed by atoms with Gasteiger partial charge in [-0.2, -0.15) is 31.3 Å². The van der Waals surface area contributed by atoms with Crippen LogP contribution >= 0.6 is 0 Å². The maximum absolute atomic E-state index is 13.6. The summed E-state index contributed by atoms with van der Waals surface area (Å²) in [6, 6.07) is 7.40. The average Bonchev–Trinajstić information content (AvgIpc) is 3.48. The van der Waals surface area contributed by atoms with Crippen molar-refractivity contribution in [2.75, 3.05) is 6.61 Å². The number of aromatic amines is 1. The summed E-state index contributed by atoms with van der Waals surface area (Å²) >= 11 is 0. The highest BCUT2D eigenvalue weighted by molar-refractivity contribution is 5.80. The molecule has 4 aromatic rings. The number of imidazole rings is 1. The highest BCUT2D eigenvalue weighted by atomic mass is 19.4. The molecule has 4 rings (SSSR count). The van der Waals surface area contributed by atoms with Gasteiger partial charge in [-0.1, -0.05) is 5.16 Å². The molecule has 0 aliphatic rings. The van der Waals surface area contributed by atoms with Crippen LogP contribution in [0, 0.1) is 0 Å². The van der Waals surface area contributed by atoms with Gasteiger partial charge in [-0.05, 0) is 49.7 Å². The van der Waals surface area contributed by atoms with Crippen LogP contribution in [0.5, 0.6) is 5.75 Å². The monoisotopic (exact) mass is 530 g/mol. The van der Waals surface area contributed by atoms with Gasteiger partial charge in [0.25, 0.3) is 5.89 Å². The van der Waals surface area contributed by atoms with E-state index in [0.29, 0.717) is 48.3 Å². The van der Waals surface area contributed by atoms with Crippen molar-refractivity contribution in [3.63, 3.8) is 0 Å². The second kappa shape index (κ2) is 10.0. The van der Waals surface area contributed by atoms with Crippen molar-refractivity contribution in [3.8, 4) is 28.6 Å². The molecule has 0 saturated carbocycles. The van der Waals surface area contributed by atoms with Gasteiger partial charge in [0, 0.05) is 17.5 Å². The Morgan fingerprint density at radius 2 is 1.76 bits per heavy atom. The van der Waals surface area contributed by atoms with Crippen LogP contribution in [-0.2, 0) is 12.6 Å². The third-order valence-electron chi connectivity index (χ3n) is 5.44. The van der Waals surface area contributed by atoms with Gasteiger partial charge >= 0.3 is 12.4 Å². The number of halogens is 6. The maximum Gasteiger partial charge on any atom is 0.425 e. The Morgan fingerprint density at radius 3 is 2.43 bits per heavy atom. The number of fused-ring (bicyclic) bond motifs is 1. The molecule has 2 aromatic heterocycles. The van der Waals surface area contributed by atoms with Crippen LogP contribution in [0.4, 0.5) is 26.3 Å². The molecule has 2 heterocycles. The third kappa shape index (κ3) is 6.02.